The molecule has 0 amide bonds. The Kier molecular flexibility index (Phi) is 2.52. The van der Waals surface area contributed by atoms with Gasteiger partial charge in [0.05, 0.1) is 0 Å². The molecule has 0 atom stereocenters. The molecule has 0 radical (unpaired) electrons. The molecule has 0 bridgehead atoms. The lowest BCUT2D eigenvalue weighted by Gasteiger charge is -1.98. The molecule has 0 spiro atoms. The zero-order valence-corrected chi connectivity index (χ0v) is 8.99. The van der Waals surface area contributed by atoms with Crippen LogP contribution in [0.15, 0.2) is 24.4 Å². The topological polar surface area (TPSA) is 12.9 Å². The maximum Gasteiger partial charge on any atom is 0.133 e. The van der Waals surface area contributed by atoms with Gasteiger partial charge in [0.15, 0.2) is 0 Å². The average Bonchev–Trinajstić information content (AvgIpc) is 2.56. The van der Waals surface area contributed by atoms with Crippen LogP contribution in [0.4, 0.5) is 4.39 Å². The second kappa shape index (κ2) is 3.67. The molecule has 1 heterocycles. The number of hydrogen-bond donors (Lipinski definition) is 0. The summed E-state index contributed by atoms with van der Waals surface area (Å²) in [7, 11) is 0. The molecule has 0 N–H and O–H groups in total. The van der Waals surface area contributed by atoms with Crippen LogP contribution in [0, 0.1) is 12.7 Å². The first-order chi connectivity index (χ1) is 6.66. The van der Waals surface area contributed by atoms with Gasteiger partial charge in [-0.1, -0.05) is 11.6 Å². The van der Waals surface area contributed by atoms with Gasteiger partial charge in [0, 0.05) is 21.7 Å². The summed E-state index contributed by atoms with van der Waals surface area (Å²) in [4.78, 5) is 5.16. The smallest absolute Gasteiger partial charge is 0.133 e. The number of aryl methyl sites for hydroxylation is 1. The van der Waals surface area contributed by atoms with Gasteiger partial charge in [0.1, 0.15) is 10.8 Å². The van der Waals surface area contributed by atoms with Crippen LogP contribution in [0.3, 0.4) is 0 Å². The summed E-state index contributed by atoms with van der Waals surface area (Å²) >= 11 is 7.24. The summed E-state index contributed by atoms with van der Waals surface area (Å²) in [6.07, 6.45) is 1.72. The summed E-state index contributed by atoms with van der Waals surface area (Å²) in [6.45, 7) is 1.93. The molecule has 0 aliphatic heterocycles. The molecule has 0 saturated heterocycles. The van der Waals surface area contributed by atoms with Crippen molar-refractivity contribution < 1.29 is 4.39 Å². The van der Waals surface area contributed by atoms with Gasteiger partial charge in [0.2, 0.25) is 0 Å². The van der Waals surface area contributed by atoms with Crippen LogP contribution in [0.2, 0.25) is 5.02 Å². The number of nitrogens with zero attached hydrogens (tertiary/aromatic N) is 1. The molecular formula is C10H7ClFNS. The van der Waals surface area contributed by atoms with E-state index in [-0.39, 0.29) is 5.82 Å². The van der Waals surface area contributed by atoms with Gasteiger partial charge in [-0.05, 0) is 25.1 Å². The van der Waals surface area contributed by atoms with Crippen molar-refractivity contribution in [1.82, 2.24) is 4.98 Å². The number of halogens is 2. The van der Waals surface area contributed by atoms with Crippen molar-refractivity contribution in [2.45, 2.75) is 6.92 Å². The first-order valence-corrected chi connectivity index (χ1v) is 5.24. The first kappa shape index (κ1) is 9.62. The normalized spacial score (nSPS) is 10.5. The Balaban J connectivity index is 2.55. The highest BCUT2D eigenvalue weighted by atomic mass is 35.5. The lowest BCUT2D eigenvalue weighted by Crippen LogP contribution is -1.82. The third-order valence-electron chi connectivity index (χ3n) is 1.78. The third kappa shape index (κ3) is 1.79. The largest absolute Gasteiger partial charge is 0.244 e. The van der Waals surface area contributed by atoms with E-state index in [4.69, 9.17) is 11.6 Å². The molecule has 0 aliphatic carbocycles. The van der Waals surface area contributed by atoms with Gasteiger partial charge in [-0.2, -0.15) is 0 Å². The van der Waals surface area contributed by atoms with E-state index >= 15 is 0 Å². The molecule has 0 saturated carbocycles. The van der Waals surface area contributed by atoms with E-state index in [0.29, 0.717) is 15.6 Å². The number of thiazole rings is 1. The summed E-state index contributed by atoms with van der Waals surface area (Å²) in [6, 6.07) is 4.48. The number of rotatable bonds is 1. The Morgan fingerprint density at radius 1 is 1.43 bits per heavy atom. The molecule has 14 heavy (non-hydrogen) atoms. The van der Waals surface area contributed by atoms with Crippen LogP contribution >= 0.6 is 22.9 Å². The van der Waals surface area contributed by atoms with Crippen LogP contribution in [0.25, 0.3) is 10.6 Å². The van der Waals surface area contributed by atoms with Crippen molar-refractivity contribution in [1.29, 1.82) is 0 Å². The molecule has 1 aromatic heterocycles. The van der Waals surface area contributed by atoms with Gasteiger partial charge in [-0.15, -0.1) is 11.3 Å². The van der Waals surface area contributed by atoms with Gasteiger partial charge >= 0.3 is 0 Å². The minimum Gasteiger partial charge on any atom is -0.244 e. The minimum absolute atomic E-state index is 0.288. The Bertz CT molecular complexity index is 467. The van der Waals surface area contributed by atoms with Crippen LogP contribution in [0.5, 0.6) is 0 Å². The predicted molar refractivity (Wildman–Crippen MR) is 57.3 cm³/mol. The monoisotopic (exact) mass is 227 g/mol. The minimum atomic E-state index is -0.288. The second-order valence-electron chi connectivity index (χ2n) is 2.90. The molecule has 2 aromatic rings. The van der Waals surface area contributed by atoms with E-state index in [1.54, 1.807) is 12.3 Å². The highest BCUT2D eigenvalue weighted by molar-refractivity contribution is 7.14. The van der Waals surface area contributed by atoms with Crippen molar-refractivity contribution in [3.8, 4) is 10.6 Å². The molecule has 0 fully saturated rings. The van der Waals surface area contributed by atoms with Crippen LogP contribution in [-0.2, 0) is 0 Å². The van der Waals surface area contributed by atoms with Gasteiger partial charge in [-0.3, -0.25) is 0 Å². The van der Waals surface area contributed by atoms with E-state index in [0.717, 1.165) is 4.88 Å². The van der Waals surface area contributed by atoms with Crippen molar-refractivity contribution in [2.75, 3.05) is 0 Å². The molecule has 1 aromatic carbocycles. The maximum atomic E-state index is 13.4. The number of benzene rings is 1. The summed E-state index contributed by atoms with van der Waals surface area (Å²) in [5.41, 5.74) is 0.468. The van der Waals surface area contributed by atoms with E-state index in [1.807, 2.05) is 6.92 Å². The lowest BCUT2D eigenvalue weighted by atomic mass is 10.2. The summed E-state index contributed by atoms with van der Waals surface area (Å²) in [5.74, 6) is -0.288. The number of hydrogen-bond acceptors (Lipinski definition) is 2. The summed E-state index contributed by atoms with van der Waals surface area (Å²) in [5, 5.41) is 1.19. The van der Waals surface area contributed by atoms with E-state index in [1.165, 1.54) is 23.5 Å². The molecule has 1 nitrogen and oxygen atoms in total. The Labute approximate surface area is 90.2 Å². The second-order valence-corrected chi connectivity index (χ2v) is 4.57. The molecule has 0 aliphatic rings. The Hall–Kier alpha value is -0.930. The fourth-order valence-corrected chi connectivity index (χ4v) is 2.09. The van der Waals surface area contributed by atoms with Crippen LogP contribution < -0.4 is 0 Å². The Morgan fingerprint density at radius 3 is 2.86 bits per heavy atom. The fraction of sp³-hybridized carbons (Fsp3) is 0.100. The standard InChI is InChI=1S/C10H7ClFNS/c1-6-5-13-10(14-6)8-4-7(11)2-3-9(8)12/h2-5H,1H3. The highest BCUT2D eigenvalue weighted by Crippen LogP contribution is 2.29. The third-order valence-corrected chi connectivity index (χ3v) is 2.96. The van der Waals surface area contributed by atoms with Crippen LogP contribution in [-0.4, -0.2) is 4.98 Å². The maximum absolute atomic E-state index is 13.4. The quantitative estimate of drug-likeness (QED) is 0.720. The fourth-order valence-electron chi connectivity index (χ4n) is 1.14. The summed E-state index contributed by atoms with van der Waals surface area (Å²) < 4.78 is 13.4. The number of aromatic nitrogens is 1. The zero-order chi connectivity index (χ0) is 10.1. The molecule has 72 valence electrons. The van der Waals surface area contributed by atoms with Gasteiger partial charge in [-0.25, -0.2) is 9.37 Å². The molecule has 0 unspecified atom stereocenters. The Morgan fingerprint density at radius 2 is 2.21 bits per heavy atom. The van der Waals surface area contributed by atoms with E-state index in [9.17, 15) is 4.39 Å². The van der Waals surface area contributed by atoms with Gasteiger partial charge in [0.25, 0.3) is 0 Å². The van der Waals surface area contributed by atoms with Crippen LogP contribution in [0.1, 0.15) is 4.88 Å². The van der Waals surface area contributed by atoms with E-state index < -0.39 is 0 Å². The first-order valence-electron chi connectivity index (χ1n) is 4.04. The van der Waals surface area contributed by atoms with Crippen molar-refractivity contribution >= 4 is 22.9 Å². The highest BCUT2D eigenvalue weighted by Gasteiger charge is 2.08. The van der Waals surface area contributed by atoms with Crippen molar-refractivity contribution in [3.05, 3.63) is 40.1 Å². The zero-order valence-electron chi connectivity index (χ0n) is 7.42. The average molecular weight is 228 g/mol. The van der Waals surface area contributed by atoms with Gasteiger partial charge < -0.3 is 0 Å². The van der Waals surface area contributed by atoms with E-state index in [2.05, 4.69) is 4.98 Å². The molecule has 4 heteroatoms. The van der Waals surface area contributed by atoms with Crippen molar-refractivity contribution in [3.63, 3.8) is 0 Å². The SMILES string of the molecule is Cc1cnc(-c2cc(Cl)ccc2F)s1. The predicted octanol–water partition coefficient (Wildman–Crippen LogP) is 3.91. The molecular weight excluding hydrogens is 221 g/mol. The van der Waals surface area contributed by atoms with Crippen molar-refractivity contribution in [2.24, 2.45) is 0 Å². The molecule has 2 rings (SSSR count). The lowest BCUT2D eigenvalue weighted by molar-refractivity contribution is 0.631.